The Bertz CT molecular complexity index is 564. The fourth-order valence-corrected chi connectivity index (χ4v) is 3.25. The summed E-state index contributed by atoms with van der Waals surface area (Å²) in [5.74, 6) is 0.897. The molecule has 19 heavy (non-hydrogen) atoms. The molecule has 5 nitrogen and oxygen atoms in total. The molecule has 1 atom stereocenters. The van der Waals surface area contributed by atoms with Crippen molar-refractivity contribution in [3.8, 4) is 11.5 Å². The van der Waals surface area contributed by atoms with E-state index in [-0.39, 0.29) is 17.3 Å². The van der Waals surface area contributed by atoms with E-state index in [0.717, 1.165) is 6.42 Å². The van der Waals surface area contributed by atoms with Crippen molar-refractivity contribution in [1.29, 1.82) is 0 Å². The van der Waals surface area contributed by atoms with Crippen LogP contribution in [0.4, 0.5) is 0 Å². The zero-order chi connectivity index (χ0) is 13.9. The quantitative estimate of drug-likeness (QED) is 0.768. The van der Waals surface area contributed by atoms with Crippen molar-refractivity contribution < 1.29 is 22.7 Å². The largest absolute Gasteiger partial charge is 0.485 e. The van der Waals surface area contributed by atoms with E-state index in [0.29, 0.717) is 24.2 Å². The summed E-state index contributed by atoms with van der Waals surface area (Å²) in [6.45, 7) is 2.05. The van der Waals surface area contributed by atoms with Crippen LogP contribution in [0, 0.1) is 0 Å². The van der Waals surface area contributed by atoms with Crippen molar-refractivity contribution in [3.63, 3.8) is 0 Å². The van der Waals surface area contributed by atoms with Crippen LogP contribution >= 0.6 is 0 Å². The van der Waals surface area contributed by atoms with E-state index >= 15 is 0 Å². The molecule has 1 aromatic rings. The average Bonchev–Trinajstić information content (AvgIpc) is 2.44. The first-order valence-corrected chi connectivity index (χ1v) is 7.83. The van der Waals surface area contributed by atoms with Crippen LogP contribution in [-0.2, 0) is 14.6 Å². The minimum absolute atomic E-state index is 0.106. The number of aldehydes is 1. The van der Waals surface area contributed by atoms with Gasteiger partial charge in [0.1, 0.15) is 6.61 Å². The summed E-state index contributed by atoms with van der Waals surface area (Å²) in [6, 6.07) is 4.48. The molecule has 0 spiro atoms. The van der Waals surface area contributed by atoms with Crippen LogP contribution in [0.5, 0.6) is 11.5 Å². The van der Waals surface area contributed by atoms with Gasteiger partial charge in [0.05, 0.1) is 10.6 Å². The summed E-state index contributed by atoms with van der Waals surface area (Å²) in [4.78, 5) is 10.8. The van der Waals surface area contributed by atoms with Crippen LogP contribution in [0.3, 0.4) is 0 Å². The molecule has 6 heteroatoms. The minimum Gasteiger partial charge on any atom is -0.485 e. The molecule has 2 rings (SSSR count). The van der Waals surface area contributed by atoms with Crippen molar-refractivity contribution in [2.75, 3.05) is 12.4 Å². The molecule has 1 unspecified atom stereocenters. The molecule has 0 amide bonds. The molecule has 0 saturated heterocycles. The Morgan fingerprint density at radius 3 is 2.84 bits per heavy atom. The van der Waals surface area contributed by atoms with Gasteiger partial charge < -0.3 is 9.47 Å². The molecular weight excluding hydrogens is 268 g/mol. The third-order valence-electron chi connectivity index (χ3n) is 2.87. The molecule has 0 radical (unpaired) electrons. The highest BCUT2D eigenvalue weighted by Gasteiger charge is 2.23. The molecule has 104 valence electrons. The molecule has 0 aromatic heterocycles. The van der Waals surface area contributed by atoms with Crippen LogP contribution in [0.15, 0.2) is 23.1 Å². The fourth-order valence-electron chi connectivity index (χ4n) is 1.78. The van der Waals surface area contributed by atoms with Crippen LogP contribution in [0.25, 0.3) is 0 Å². The van der Waals surface area contributed by atoms with Crippen LogP contribution in [-0.4, -0.2) is 33.2 Å². The Morgan fingerprint density at radius 1 is 1.37 bits per heavy atom. The monoisotopic (exact) mass is 284 g/mol. The van der Waals surface area contributed by atoms with Gasteiger partial charge in [-0.1, -0.05) is 13.3 Å². The molecule has 1 aliphatic rings. The van der Waals surface area contributed by atoms with Crippen molar-refractivity contribution in [2.45, 2.75) is 30.8 Å². The lowest BCUT2D eigenvalue weighted by Gasteiger charge is -2.23. The maximum absolute atomic E-state index is 12.0. The number of hydrogen-bond acceptors (Lipinski definition) is 5. The van der Waals surface area contributed by atoms with Crippen molar-refractivity contribution in [3.05, 3.63) is 18.2 Å². The van der Waals surface area contributed by atoms with E-state index in [4.69, 9.17) is 9.47 Å². The van der Waals surface area contributed by atoms with Crippen molar-refractivity contribution >= 4 is 16.1 Å². The van der Waals surface area contributed by atoms with Gasteiger partial charge >= 0.3 is 0 Å². The number of benzene rings is 1. The molecule has 1 heterocycles. The van der Waals surface area contributed by atoms with E-state index in [1.165, 1.54) is 18.2 Å². The Balaban J connectivity index is 2.25. The predicted octanol–water partition coefficient (Wildman–Crippen LogP) is 1.60. The predicted molar refractivity (Wildman–Crippen MR) is 69.4 cm³/mol. The lowest BCUT2D eigenvalue weighted by Crippen LogP contribution is -2.30. The lowest BCUT2D eigenvalue weighted by molar-refractivity contribution is -0.115. The Labute approximate surface area is 112 Å². The first kappa shape index (κ1) is 13.9. The molecule has 0 bridgehead atoms. The Morgan fingerprint density at radius 2 is 2.16 bits per heavy atom. The maximum atomic E-state index is 12.0. The number of ether oxygens (including phenoxy) is 2. The maximum Gasteiger partial charge on any atom is 0.187 e. The third-order valence-corrected chi connectivity index (χ3v) is 4.67. The van der Waals surface area contributed by atoms with Gasteiger partial charge in [0, 0.05) is 6.07 Å². The van der Waals surface area contributed by atoms with Gasteiger partial charge in [-0.3, -0.25) is 4.79 Å². The Kier molecular flexibility index (Phi) is 4.09. The smallest absolute Gasteiger partial charge is 0.187 e. The number of carbonyl (C=O) groups is 1. The number of rotatable bonds is 5. The third kappa shape index (κ3) is 3.07. The second-order valence-corrected chi connectivity index (χ2v) is 6.49. The van der Waals surface area contributed by atoms with E-state index in [9.17, 15) is 13.2 Å². The zero-order valence-corrected chi connectivity index (χ0v) is 11.5. The van der Waals surface area contributed by atoms with Gasteiger partial charge in [-0.05, 0) is 18.6 Å². The van der Waals surface area contributed by atoms with Gasteiger partial charge in [0.2, 0.25) is 0 Å². The number of sulfone groups is 1. The van der Waals surface area contributed by atoms with Gasteiger partial charge in [0.15, 0.2) is 33.7 Å². The van der Waals surface area contributed by atoms with Crippen LogP contribution in [0.2, 0.25) is 0 Å². The molecular formula is C13H16O5S. The lowest BCUT2D eigenvalue weighted by atomic mass is 10.3. The standard InChI is InChI=1S/C13H16O5S/c1-2-3-6-19(15,16)11-4-5-12-13(7-11)17-9-10(8-14)18-12/h4-5,7-8,10H,2-3,6,9H2,1H3. The SMILES string of the molecule is CCCCS(=O)(=O)c1ccc2c(c1)OCC(C=O)O2. The van der Waals surface area contributed by atoms with E-state index in [1.807, 2.05) is 6.92 Å². The summed E-state index contributed by atoms with van der Waals surface area (Å²) in [7, 11) is -3.28. The van der Waals surface area contributed by atoms with Gasteiger partial charge in [-0.2, -0.15) is 0 Å². The fraction of sp³-hybridized carbons (Fsp3) is 0.462. The summed E-state index contributed by atoms with van der Waals surface area (Å²) in [5.41, 5.74) is 0. The van der Waals surface area contributed by atoms with Gasteiger partial charge in [-0.15, -0.1) is 0 Å². The normalized spacial score (nSPS) is 18.1. The molecule has 0 aliphatic carbocycles. The summed E-state index contributed by atoms with van der Waals surface area (Å²) >= 11 is 0. The molecule has 0 saturated carbocycles. The first-order valence-electron chi connectivity index (χ1n) is 6.18. The molecule has 1 aromatic carbocycles. The summed E-state index contributed by atoms with van der Waals surface area (Å²) < 4.78 is 34.8. The average molecular weight is 284 g/mol. The second-order valence-electron chi connectivity index (χ2n) is 4.38. The van der Waals surface area contributed by atoms with Gasteiger partial charge in [0.25, 0.3) is 0 Å². The van der Waals surface area contributed by atoms with Crippen LogP contribution < -0.4 is 9.47 Å². The summed E-state index contributed by atoms with van der Waals surface area (Å²) in [6.07, 6.45) is 1.49. The number of fused-ring (bicyclic) bond motifs is 1. The first-order chi connectivity index (χ1) is 9.06. The van der Waals surface area contributed by atoms with Crippen LogP contribution in [0.1, 0.15) is 19.8 Å². The second kappa shape index (κ2) is 5.61. The zero-order valence-electron chi connectivity index (χ0n) is 10.7. The number of hydrogen-bond donors (Lipinski definition) is 0. The Hall–Kier alpha value is -1.56. The van der Waals surface area contributed by atoms with Crippen molar-refractivity contribution in [1.82, 2.24) is 0 Å². The molecule has 0 N–H and O–H groups in total. The minimum atomic E-state index is -3.28. The van der Waals surface area contributed by atoms with E-state index in [1.54, 1.807) is 0 Å². The number of carbonyl (C=O) groups excluding carboxylic acids is 1. The van der Waals surface area contributed by atoms with E-state index in [2.05, 4.69) is 0 Å². The number of unbranched alkanes of at least 4 members (excludes halogenated alkanes) is 1. The van der Waals surface area contributed by atoms with Crippen molar-refractivity contribution in [2.24, 2.45) is 0 Å². The molecule has 0 fully saturated rings. The highest BCUT2D eigenvalue weighted by molar-refractivity contribution is 7.91. The topological polar surface area (TPSA) is 69.7 Å². The summed E-state index contributed by atoms with van der Waals surface area (Å²) in [5, 5.41) is 0. The van der Waals surface area contributed by atoms with Gasteiger partial charge in [-0.25, -0.2) is 8.42 Å². The van der Waals surface area contributed by atoms with E-state index < -0.39 is 15.9 Å². The highest BCUT2D eigenvalue weighted by Crippen LogP contribution is 2.33. The highest BCUT2D eigenvalue weighted by atomic mass is 32.2. The molecule has 1 aliphatic heterocycles.